The van der Waals surface area contributed by atoms with Crippen molar-refractivity contribution in [2.45, 2.75) is 26.6 Å². The van der Waals surface area contributed by atoms with Gasteiger partial charge in [-0.1, -0.05) is 32.0 Å². The lowest BCUT2D eigenvalue weighted by Crippen LogP contribution is -2.42. The summed E-state index contributed by atoms with van der Waals surface area (Å²) >= 11 is 0. The van der Waals surface area contributed by atoms with Crippen LogP contribution in [0.15, 0.2) is 18.2 Å². The molecule has 0 N–H and O–H groups in total. The maximum Gasteiger partial charge on any atom is 0.292 e. The summed E-state index contributed by atoms with van der Waals surface area (Å²) in [6.45, 7) is 7.85. The standard InChI is InChI=1S/C15H19NO3/c1-10(2)9-16-13-11(3)5-4-6-12(13)15(14(16)17)18-7-8-19-15/h4-6,10H,7-9H2,1-3H3. The van der Waals surface area contributed by atoms with Crippen LogP contribution in [0.25, 0.3) is 0 Å². The van der Waals surface area contributed by atoms with E-state index in [2.05, 4.69) is 13.8 Å². The van der Waals surface area contributed by atoms with Crippen molar-refractivity contribution >= 4 is 11.6 Å². The molecule has 2 aliphatic rings. The van der Waals surface area contributed by atoms with Crippen molar-refractivity contribution in [2.24, 2.45) is 5.92 Å². The lowest BCUT2D eigenvalue weighted by Gasteiger charge is -2.23. The topological polar surface area (TPSA) is 38.8 Å². The number of carbonyl (C=O) groups excluding carboxylic acids is 1. The molecule has 1 fully saturated rings. The highest BCUT2D eigenvalue weighted by atomic mass is 16.7. The number of hydrogen-bond donors (Lipinski definition) is 0. The first-order valence-electron chi connectivity index (χ1n) is 6.76. The van der Waals surface area contributed by atoms with Crippen LogP contribution in [0.2, 0.25) is 0 Å². The van der Waals surface area contributed by atoms with Gasteiger partial charge >= 0.3 is 0 Å². The Morgan fingerprint density at radius 3 is 2.63 bits per heavy atom. The lowest BCUT2D eigenvalue weighted by atomic mass is 10.0. The Labute approximate surface area is 113 Å². The van der Waals surface area contributed by atoms with Crippen molar-refractivity contribution in [2.75, 3.05) is 24.7 Å². The number of para-hydroxylation sites is 1. The van der Waals surface area contributed by atoms with Gasteiger partial charge in [0.1, 0.15) is 0 Å². The molecule has 0 radical (unpaired) electrons. The predicted octanol–water partition coefficient (Wildman–Crippen LogP) is 2.20. The number of benzene rings is 1. The molecule has 1 amide bonds. The highest BCUT2D eigenvalue weighted by molar-refractivity contribution is 6.07. The molecular formula is C15H19NO3. The van der Waals surface area contributed by atoms with E-state index in [0.717, 1.165) is 16.8 Å². The van der Waals surface area contributed by atoms with Gasteiger partial charge in [-0.2, -0.15) is 0 Å². The van der Waals surface area contributed by atoms with Crippen LogP contribution in [-0.4, -0.2) is 25.7 Å². The summed E-state index contributed by atoms with van der Waals surface area (Å²) in [4.78, 5) is 14.6. The van der Waals surface area contributed by atoms with E-state index < -0.39 is 5.79 Å². The number of anilines is 1. The number of carbonyl (C=O) groups is 1. The Morgan fingerprint density at radius 2 is 2.00 bits per heavy atom. The van der Waals surface area contributed by atoms with Gasteiger partial charge in [-0.15, -0.1) is 0 Å². The molecule has 2 heterocycles. The largest absolute Gasteiger partial charge is 0.336 e. The van der Waals surface area contributed by atoms with E-state index in [0.29, 0.717) is 25.7 Å². The average molecular weight is 261 g/mol. The normalized spacial score (nSPS) is 20.6. The Morgan fingerprint density at radius 1 is 1.32 bits per heavy atom. The summed E-state index contributed by atoms with van der Waals surface area (Å²) in [6.07, 6.45) is 0. The zero-order valence-electron chi connectivity index (χ0n) is 11.6. The minimum atomic E-state index is -1.18. The molecule has 19 heavy (non-hydrogen) atoms. The van der Waals surface area contributed by atoms with E-state index in [1.807, 2.05) is 30.0 Å². The van der Waals surface area contributed by atoms with Crippen molar-refractivity contribution in [3.63, 3.8) is 0 Å². The zero-order valence-corrected chi connectivity index (χ0v) is 11.6. The van der Waals surface area contributed by atoms with Gasteiger partial charge in [-0.3, -0.25) is 4.79 Å². The summed E-state index contributed by atoms with van der Waals surface area (Å²) in [7, 11) is 0. The van der Waals surface area contributed by atoms with Crippen molar-refractivity contribution < 1.29 is 14.3 Å². The Kier molecular flexibility index (Phi) is 2.87. The monoisotopic (exact) mass is 261 g/mol. The molecule has 0 atom stereocenters. The zero-order chi connectivity index (χ0) is 13.6. The SMILES string of the molecule is Cc1cccc2c1N(CC(C)C)C(=O)C21OCCO1. The number of amides is 1. The molecule has 3 rings (SSSR count). The third-order valence-corrected chi connectivity index (χ3v) is 3.63. The first kappa shape index (κ1) is 12.6. The fourth-order valence-electron chi connectivity index (χ4n) is 2.91. The third kappa shape index (κ3) is 1.70. The van der Waals surface area contributed by atoms with Crippen molar-refractivity contribution in [3.8, 4) is 0 Å². The molecule has 2 aliphatic heterocycles. The number of aryl methyl sites for hydroxylation is 1. The van der Waals surface area contributed by atoms with E-state index in [1.54, 1.807) is 0 Å². The van der Waals surface area contributed by atoms with E-state index in [4.69, 9.17) is 9.47 Å². The highest BCUT2D eigenvalue weighted by Crippen LogP contribution is 2.47. The second kappa shape index (κ2) is 4.32. The predicted molar refractivity (Wildman–Crippen MR) is 72.0 cm³/mol. The highest BCUT2D eigenvalue weighted by Gasteiger charge is 2.56. The van der Waals surface area contributed by atoms with Gasteiger partial charge in [0, 0.05) is 12.1 Å². The summed E-state index contributed by atoms with van der Waals surface area (Å²) in [5, 5.41) is 0. The molecule has 1 aromatic rings. The molecule has 102 valence electrons. The summed E-state index contributed by atoms with van der Waals surface area (Å²) in [5.74, 6) is -0.869. The minimum Gasteiger partial charge on any atom is -0.336 e. The first-order valence-corrected chi connectivity index (χ1v) is 6.76. The molecule has 0 aliphatic carbocycles. The van der Waals surface area contributed by atoms with Crippen LogP contribution in [0, 0.1) is 12.8 Å². The molecular weight excluding hydrogens is 242 g/mol. The van der Waals surface area contributed by atoms with Crippen LogP contribution in [0.5, 0.6) is 0 Å². The van der Waals surface area contributed by atoms with Gasteiger partial charge in [0.15, 0.2) is 0 Å². The third-order valence-electron chi connectivity index (χ3n) is 3.63. The molecule has 0 unspecified atom stereocenters. The first-order chi connectivity index (χ1) is 9.06. The van der Waals surface area contributed by atoms with Gasteiger partial charge < -0.3 is 14.4 Å². The molecule has 1 saturated heterocycles. The van der Waals surface area contributed by atoms with Crippen LogP contribution in [0.3, 0.4) is 0 Å². The fourth-order valence-corrected chi connectivity index (χ4v) is 2.91. The van der Waals surface area contributed by atoms with Crippen LogP contribution in [-0.2, 0) is 20.1 Å². The van der Waals surface area contributed by atoms with Crippen LogP contribution in [0.1, 0.15) is 25.0 Å². The molecule has 0 bridgehead atoms. The average Bonchev–Trinajstić information content (AvgIpc) is 2.92. The number of hydrogen-bond acceptors (Lipinski definition) is 3. The molecule has 0 aromatic heterocycles. The molecule has 4 nitrogen and oxygen atoms in total. The summed E-state index contributed by atoms with van der Waals surface area (Å²) in [6, 6.07) is 5.91. The Hall–Kier alpha value is -1.39. The molecule has 1 aromatic carbocycles. The molecule has 0 saturated carbocycles. The van der Waals surface area contributed by atoms with Gasteiger partial charge in [-0.25, -0.2) is 0 Å². The summed E-state index contributed by atoms with van der Waals surface area (Å²) < 4.78 is 11.4. The number of rotatable bonds is 2. The van der Waals surface area contributed by atoms with E-state index in [9.17, 15) is 4.79 Å². The smallest absolute Gasteiger partial charge is 0.292 e. The van der Waals surface area contributed by atoms with Gasteiger partial charge in [0.05, 0.1) is 18.9 Å². The Bertz CT molecular complexity index is 518. The second-order valence-corrected chi connectivity index (χ2v) is 5.59. The number of ether oxygens (including phenoxy) is 2. The summed E-state index contributed by atoms with van der Waals surface area (Å²) in [5.41, 5.74) is 2.90. The minimum absolute atomic E-state index is 0.0806. The lowest BCUT2D eigenvalue weighted by molar-refractivity contribution is -0.180. The fraction of sp³-hybridized carbons (Fsp3) is 0.533. The quantitative estimate of drug-likeness (QED) is 0.819. The van der Waals surface area contributed by atoms with Crippen molar-refractivity contribution in [1.82, 2.24) is 0 Å². The van der Waals surface area contributed by atoms with Gasteiger partial charge in [0.25, 0.3) is 11.7 Å². The van der Waals surface area contributed by atoms with Crippen molar-refractivity contribution in [3.05, 3.63) is 29.3 Å². The molecule has 1 spiro atoms. The van der Waals surface area contributed by atoms with Crippen LogP contribution in [0.4, 0.5) is 5.69 Å². The van der Waals surface area contributed by atoms with E-state index in [-0.39, 0.29) is 5.91 Å². The van der Waals surface area contributed by atoms with E-state index in [1.165, 1.54) is 0 Å². The number of nitrogens with zero attached hydrogens (tertiary/aromatic N) is 1. The maximum atomic E-state index is 12.8. The van der Waals surface area contributed by atoms with Crippen LogP contribution < -0.4 is 4.90 Å². The van der Waals surface area contributed by atoms with Gasteiger partial charge in [-0.05, 0) is 18.4 Å². The van der Waals surface area contributed by atoms with Crippen LogP contribution >= 0.6 is 0 Å². The molecule has 4 heteroatoms. The Balaban J connectivity index is 2.14. The van der Waals surface area contributed by atoms with E-state index >= 15 is 0 Å². The number of fused-ring (bicyclic) bond motifs is 2. The second-order valence-electron chi connectivity index (χ2n) is 5.59. The van der Waals surface area contributed by atoms with Gasteiger partial charge in [0.2, 0.25) is 0 Å². The maximum absolute atomic E-state index is 12.8. The van der Waals surface area contributed by atoms with Crippen molar-refractivity contribution in [1.29, 1.82) is 0 Å².